The quantitative estimate of drug-likeness (QED) is 0.0990. The molecule has 4 heteroatoms. The van der Waals surface area contributed by atoms with Gasteiger partial charge in [0.1, 0.15) is 6.61 Å². The molecule has 1 atom stereocenters. The number of carboxylic acid groups (broad SMARTS) is 1. The van der Waals surface area contributed by atoms with Crippen LogP contribution in [0.4, 0.5) is 0 Å². The summed E-state index contributed by atoms with van der Waals surface area (Å²) in [5.74, 6) is -0.948. The SMILES string of the molecule is CCCCCCCCCCC(Cc1ccccc1)C(=O)O.CCCCCCCCCCCC(=O)OCc1ccccc1. The van der Waals surface area contributed by atoms with Crippen LogP contribution in [0.3, 0.4) is 0 Å². The summed E-state index contributed by atoms with van der Waals surface area (Å²) in [6, 6.07) is 19.8. The zero-order valence-electron chi connectivity index (χ0n) is 26.9. The zero-order valence-corrected chi connectivity index (χ0v) is 26.9. The zero-order chi connectivity index (χ0) is 30.5. The van der Waals surface area contributed by atoms with Crippen molar-refractivity contribution >= 4 is 11.9 Å². The summed E-state index contributed by atoms with van der Waals surface area (Å²) in [5.41, 5.74) is 2.18. The first-order valence-corrected chi connectivity index (χ1v) is 17.0. The van der Waals surface area contributed by atoms with Crippen molar-refractivity contribution in [3.63, 3.8) is 0 Å². The van der Waals surface area contributed by atoms with E-state index >= 15 is 0 Å². The molecule has 0 saturated carbocycles. The Morgan fingerprint density at radius 2 is 1.02 bits per heavy atom. The van der Waals surface area contributed by atoms with Gasteiger partial charge in [0.25, 0.3) is 0 Å². The van der Waals surface area contributed by atoms with Gasteiger partial charge < -0.3 is 9.84 Å². The van der Waals surface area contributed by atoms with Crippen LogP contribution in [0.5, 0.6) is 0 Å². The van der Waals surface area contributed by atoms with Gasteiger partial charge in [-0.25, -0.2) is 0 Å². The normalized spacial score (nSPS) is 11.4. The van der Waals surface area contributed by atoms with Crippen LogP contribution in [0.25, 0.3) is 0 Å². The fourth-order valence-electron chi connectivity index (χ4n) is 5.13. The molecule has 4 nitrogen and oxygen atoms in total. The summed E-state index contributed by atoms with van der Waals surface area (Å²) in [6.07, 6.45) is 23.5. The summed E-state index contributed by atoms with van der Waals surface area (Å²) >= 11 is 0. The third kappa shape index (κ3) is 22.0. The van der Waals surface area contributed by atoms with Crippen LogP contribution >= 0.6 is 0 Å². The van der Waals surface area contributed by atoms with Crippen LogP contribution in [-0.4, -0.2) is 17.0 Å². The fraction of sp³-hybridized carbons (Fsp3) is 0.632. The molecule has 0 heterocycles. The van der Waals surface area contributed by atoms with Crippen molar-refractivity contribution < 1.29 is 19.4 Å². The highest BCUT2D eigenvalue weighted by molar-refractivity contribution is 5.70. The summed E-state index contributed by atoms with van der Waals surface area (Å²) in [4.78, 5) is 22.9. The van der Waals surface area contributed by atoms with E-state index < -0.39 is 5.97 Å². The predicted octanol–water partition coefficient (Wildman–Crippen LogP) is 11.1. The molecule has 0 bridgehead atoms. The van der Waals surface area contributed by atoms with E-state index in [0.29, 0.717) is 19.4 Å². The molecule has 0 radical (unpaired) electrons. The van der Waals surface area contributed by atoms with Gasteiger partial charge in [-0.15, -0.1) is 0 Å². The second kappa shape index (κ2) is 27.2. The van der Waals surface area contributed by atoms with Crippen molar-refractivity contribution in [1.82, 2.24) is 0 Å². The molecule has 2 aromatic carbocycles. The summed E-state index contributed by atoms with van der Waals surface area (Å²) in [5, 5.41) is 9.33. The largest absolute Gasteiger partial charge is 0.481 e. The molecule has 2 rings (SSSR count). The van der Waals surface area contributed by atoms with Crippen LogP contribution in [0.1, 0.15) is 147 Å². The third-order valence-corrected chi connectivity index (χ3v) is 7.81. The number of unbranched alkanes of at least 4 members (excludes halogenated alkanes) is 15. The molecular formula is C38H60O4. The van der Waals surface area contributed by atoms with Crippen molar-refractivity contribution in [3.8, 4) is 0 Å². The van der Waals surface area contributed by atoms with E-state index in [1.807, 2.05) is 60.7 Å². The Labute approximate surface area is 257 Å². The van der Waals surface area contributed by atoms with Crippen LogP contribution < -0.4 is 0 Å². The average Bonchev–Trinajstić information content (AvgIpc) is 3.01. The molecule has 236 valence electrons. The predicted molar refractivity (Wildman–Crippen MR) is 177 cm³/mol. The van der Waals surface area contributed by atoms with Crippen molar-refractivity contribution in [2.24, 2.45) is 5.92 Å². The highest BCUT2D eigenvalue weighted by Gasteiger charge is 2.17. The average molecular weight is 581 g/mol. The lowest BCUT2D eigenvalue weighted by Gasteiger charge is -2.12. The van der Waals surface area contributed by atoms with E-state index in [4.69, 9.17) is 4.74 Å². The van der Waals surface area contributed by atoms with Gasteiger partial charge >= 0.3 is 11.9 Å². The minimum absolute atomic E-state index is 0.0678. The molecule has 0 amide bonds. The number of hydrogen-bond acceptors (Lipinski definition) is 3. The molecule has 2 aromatic rings. The first kappa shape index (κ1) is 37.4. The molecule has 1 N–H and O–H groups in total. The molecule has 0 fully saturated rings. The molecule has 42 heavy (non-hydrogen) atoms. The maximum absolute atomic E-state index is 11.6. The first-order valence-electron chi connectivity index (χ1n) is 17.0. The third-order valence-electron chi connectivity index (χ3n) is 7.81. The topological polar surface area (TPSA) is 63.6 Å². The number of ether oxygens (including phenoxy) is 1. The molecule has 1 unspecified atom stereocenters. The summed E-state index contributed by atoms with van der Waals surface area (Å²) in [7, 11) is 0. The number of rotatable bonds is 24. The van der Waals surface area contributed by atoms with Gasteiger partial charge in [-0.05, 0) is 30.4 Å². The first-order chi connectivity index (χ1) is 20.6. The van der Waals surface area contributed by atoms with Crippen molar-refractivity contribution in [3.05, 3.63) is 71.8 Å². The van der Waals surface area contributed by atoms with Crippen molar-refractivity contribution in [2.45, 2.75) is 149 Å². The highest BCUT2D eigenvalue weighted by atomic mass is 16.5. The van der Waals surface area contributed by atoms with Crippen LogP contribution in [0.15, 0.2) is 60.7 Å². The lowest BCUT2D eigenvalue weighted by molar-refractivity contribution is -0.145. The van der Waals surface area contributed by atoms with Gasteiger partial charge in [0.15, 0.2) is 0 Å². The molecule has 0 aliphatic heterocycles. The Hall–Kier alpha value is -2.62. The van der Waals surface area contributed by atoms with Crippen molar-refractivity contribution in [1.29, 1.82) is 0 Å². The number of hydrogen-bond donors (Lipinski definition) is 1. The van der Waals surface area contributed by atoms with E-state index in [-0.39, 0.29) is 11.9 Å². The number of carboxylic acids is 1. The fourth-order valence-corrected chi connectivity index (χ4v) is 5.13. The van der Waals surface area contributed by atoms with Gasteiger partial charge in [0.05, 0.1) is 5.92 Å². The molecule has 0 saturated heterocycles. The number of carbonyl (C=O) groups is 2. The number of carbonyl (C=O) groups excluding carboxylic acids is 1. The minimum atomic E-state index is -0.651. The number of benzene rings is 2. The Bertz CT molecular complexity index is 878. The summed E-state index contributed by atoms with van der Waals surface area (Å²) < 4.78 is 5.26. The minimum Gasteiger partial charge on any atom is -0.481 e. The van der Waals surface area contributed by atoms with E-state index in [0.717, 1.165) is 36.8 Å². The second-order valence-electron chi connectivity index (χ2n) is 11.7. The van der Waals surface area contributed by atoms with Crippen LogP contribution in [0, 0.1) is 5.92 Å². The van der Waals surface area contributed by atoms with E-state index in [2.05, 4.69) is 13.8 Å². The lowest BCUT2D eigenvalue weighted by Crippen LogP contribution is -2.16. The standard InChI is InChI=1S/2C19H30O2/c1-2-3-4-5-6-7-8-12-15-18(19(20)21)16-17-13-10-9-11-14-17;1-2-3-4-5-6-7-8-9-13-16-19(20)21-17-18-14-11-10-12-15-18/h9-11,13-14,18H,2-8,12,15-16H2,1H3,(H,20,21);10-12,14-15H,2-9,13,16-17H2,1H3. The highest BCUT2D eigenvalue weighted by Crippen LogP contribution is 2.18. The Kier molecular flexibility index (Phi) is 24.2. The Morgan fingerprint density at radius 1 is 0.595 bits per heavy atom. The van der Waals surface area contributed by atoms with Gasteiger partial charge in [-0.2, -0.15) is 0 Å². The number of esters is 1. The Morgan fingerprint density at radius 3 is 1.50 bits per heavy atom. The summed E-state index contributed by atoms with van der Waals surface area (Å²) in [6.45, 7) is 4.88. The molecule has 0 aliphatic rings. The number of aliphatic carboxylic acids is 1. The van der Waals surface area contributed by atoms with Gasteiger partial charge in [-0.1, -0.05) is 177 Å². The molecule has 0 spiro atoms. The monoisotopic (exact) mass is 580 g/mol. The van der Waals surface area contributed by atoms with Crippen LogP contribution in [-0.2, 0) is 27.4 Å². The maximum Gasteiger partial charge on any atom is 0.306 e. The molecule has 0 aromatic heterocycles. The smallest absolute Gasteiger partial charge is 0.306 e. The van der Waals surface area contributed by atoms with Gasteiger partial charge in [0, 0.05) is 6.42 Å². The van der Waals surface area contributed by atoms with Crippen molar-refractivity contribution in [2.75, 3.05) is 0 Å². The van der Waals surface area contributed by atoms with Gasteiger partial charge in [0.2, 0.25) is 0 Å². The molecule has 0 aliphatic carbocycles. The second-order valence-corrected chi connectivity index (χ2v) is 11.7. The van der Waals surface area contributed by atoms with E-state index in [9.17, 15) is 14.7 Å². The van der Waals surface area contributed by atoms with E-state index in [1.54, 1.807) is 0 Å². The van der Waals surface area contributed by atoms with Gasteiger partial charge in [-0.3, -0.25) is 9.59 Å². The Balaban J connectivity index is 0.000000420. The van der Waals surface area contributed by atoms with E-state index in [1.165, 1.54) is 89.9 Å². The lowest BCUT2D eigenvalue weighted by atomic mass is 9.93. The van der Waals surface area contributed by atoms with Crippen LogP contribution in [0.2, 0.25) is 0 Å². The maximum atomic E-state index is 11.6. The molecular weight excluding hydrogens is 520 g/mol.